The summed E-state index contributed by atoms with van der Waals surface area (Å²) in [6.45, 7) is 0. The quantitative estimate of drug-likeness (QED) is 0.317. The molecule has 0 spiro atoms. The number of benzene rings is 2. The second-order valence-corrected chi connectivity index (χ2v) is 8.03. The summed E-state index contributed by atoms with van der Waals surface area (Å²) < 4.78 is 0. The molecule has 0 bridgehead atoms. The van der Waals surface area contributed by atoms with Crippen LogP contribution in [-0.2, 0) is 12.8 Å². The van der Waals surface area contributed by atoms with Crippen molar-refractivity contribution in [1.82, 2.24) is 0 Å². The Balaban J connectivity index is 1.78. The van der Waals surface area contributed by atoms with Crippen LogP contribution in [0.25, 0.3) is 31.7 Å². The van der Waals surface area contributed by atoms with Gasteiger partial charge in [-0.15, -0.1) is 22.7 Å². The van der Waals surface area contributed by atoms with Crippen LogP contribution in [0.4, 0.5) is 0 Å². The fourth-order valence-corrected chi connectivity index (χ4v) is 6.16. The topological polar surface area (TPSA) is 0 Å². The lowest BCUT2D eigenvalue weighted by Gasteiger charge is -2.10. The fourth-order valence-electron chi connectivity index (χ4n) is 4.13. The summed E-state index contributed by atoms with van der Waals surface area (Å²) in [5.41, 5.74) is 9.00. The van der Waals surface area contributed by atoms with Crippen molar-refractivity contribution in [3.63, 3.8) is 0 Å². The van der Waals surface area contributed by atoms with E-state index in [1.807, 2.05) is 22.7 Å². The molecule has 0 unspecified atom stereocenters. The number of rotatable bonds is 0. The molecule has 2 aliphatic carbocycles. The van der Waals surface area contributed by atoms with Gasteiger partial charge in [-0.05, 0) is 68.8 Å². The van der Waals surface area contributed by atoms with Crippen molar-refractivity contribution in [3.8, 4) is 20.9 Å². The van der Waals surface area contributed by atoms with Gasteiger partial charge in [0.25, 0.3) is 0 Å². The standard InChI is InChI=1S/C20H12S2/c1-3-15-16(17-11(1)9-13-5-7-21-19(13)17)4-2-12-10-14-6-8-22-20(14)18(12)15/h1-8H,9-10H2. The summed E-state index contributed by atoms with van der Waals surface area (Å²) in [7, 11) is 0. The molecule has 2 heterocycles. The Morgan fingerprint density at radius 2 is 1.05 bits per heavy atom. The van der Waals surface area contributed by atoms with E-state index in [1.165, 1.54) is 53.9 Å². The van der Waals surface area contributed by atoms with Gasteiger partial charge in [0, 0.05) is 20.9 Å². The predicted octanol–water partition coefficient (Wildman–Crippen LogP) is 6.11. The Morgan fingerprint density at radius 1 is 0.545 bits per heavy atom. The first-order chi connectivity index (χ1) is 10.9. The van der Waals surface area contributed by atoms with Crippen molar-refractivity contribution in [2.24, 2.45) is 0 Å². The minimum Gasteiger partial charge on any atom is -0.143 e. The lowest BCUT2D eigenvalue weighted by Crippen LogP contribution is -1.87. The van der Waals surface area contributed by atoms with Crippen LogP contribution < -0.4 is 0 Å². The van der Waals surface area contributed by atoms with E-state index in [-0.39, 0.29) is 0 Å². The minimum absolute atomic E-state index is 1.10. The first kappa shape index (κ1) is 11.6. The van der Waals surface area contributed by atoms with Crippen molar-refractivity contribution < 1.29 is 0 Å². The fraction of sp³-hybridized carbons (Fsp3) is 0.100. The highest BCUT2D eigenvalue weighted by atomic mass is 32.1. The zero-order chi connectivity index (χ0) is 14.3. The molecular formula is C20H12S2. The maximum atomic E-state index is 2.36. The molecule has 4 aromatic rings. The van der Waals surface area contributed by atoms with Gasteiger partial charge in [0.1, 0.15) is 0 Å². The maximum Gasteiger partial charge on any atom is 0.0387 e. The van der Waals surface area contributed by atoms with Crippen molar-refractivity contribution in [3.05, 3.63) is 69.4 Å². The van der Waals surface area contributed by atoms with Gasteiger partial charge < -0.3 is 0 Å². The molecule has 2 aromatic heterocycles. The number of thiophene rings is 2. The van der Waals surface area contributed by atoms with Crippen LogP contribution in [0.15, 0.2) is 47.2 Å². The molecule has 0 aliphatic heterocycles. The molecule has 0 saturated heterocycles. The highest BCUT2D eigenvalue weighted by Crippen LogP contribution is 2.49. The van der Waals surface area contributed by atoms with Crippen LogP contribution in [0.5, 0.6) is 0 Å². The van der Waals surface area contributed by atoms with E-state index < -0.39 is 0 Å². The van der Waals surface area contributed by atoms with Gasteiger partial charge in [-0.25, -0.2) is 0 Å². The molecular weight excluding hydrogens is 304 g/mol. The van der Waals surface area contributed by atoms with Crippen molar-refractivity contribution in [2.45, 2.75) is 12.8 Å². The SMILES string of the molecule is c1cc2c(s1)-c1c(ccc3c4c(ccc13)Cc1ccsc1-4)C2. The normalized spacial score (nSPS) is 14.0. The molecule has 0 saturated carbocycles. The molecule has 0 nitrogen and oxygen atoms in total. The third kappa shape index (κ3) is 1.29. The summed E-state index contributed by atoms with van der Waals surface area (Å²) in [6, 6.07) is 14.0. The lowest BCUT2D eigenvalue weighted by atomic mass is 9.95. The van der Waals surface area contributed by atoms with Gasteiger partial charge in [0.15, 0.2) is 0 Å². The molecule has 2 heteroatoms. The molecule has 2 aromatic carbocycles. The molecule has 0 atom stereocenters. The molecule has 0 amide bonds. The monoisotopic (exact) mass is 316 g/mol. The van der Waals surface area contributed by atoms with Crippen LogP contribution in [0.1, 0.15) is 22.3 Å². The molecule has 104 valence electrons. The second-order valence-electron chi connectivity index (χ2n) is 6.20. The molecule has 22 heavy (non-hydrogen) atoms. The first-order valence-electron chi connectivity index (χ1n) is 7.61. The van der Waals surface area contributed by atoms with E-state index in [9.17, 15) is 0 Å². The average molecular weight is 316 g/mol. The molecule has 0 radical (unpaired) electrons. The van der Waals surface area contributed by atoms with Gasteiger partial charge in [0.05, 0.1) is 0 Å². The third-order valence-corrected chi connectivity index (χ3v) is 7.03. The highest BCUT2D eigenvalue weighted by Gasteiger charge is 2.26. The Labute approximate surface area is 136 Å². The van der Waals surface area contributed by atoms with Crippen molar-refractivity contribution in [2.75, 3.05) is 0 Å². The zero-order valence-electron chi connectivity index (χ0n) is 11.8. The molecule has 6 rings (SSSR count). The van der Waals surface area contributed by atoms with Crippen LogP contribution in [0.3, 0.4) is 0 Å². The van der Waals surface area contributed by atoms with Crippen LogP contribution in [0.2, 0.25) is 0 Å². The van der Waals surface area contributed by atoms with Gasteiger partial charge in [-0.1, -0.05) is 24.3 Å². The van der Waals surface area contributed by atoms with Crippen LogP contribution >= 0.6 is 22.7 Å². The summed E-state index contributed by atoms with van der Waals surface area (Å²) in [5.74, 6) is 0. The number of hydrogen-bond donors (Lipinski definition) is 0. The average Bonchev–Trinajstić information content (AvgIpc) is 3.25. The van der Waals surface area contributed by atoms with E-state index >= 15 is 0 Å². The maximum absolute atomic E-state index is 2.36. The smallest absolute Gasteiger partial charge is 0.0387 e. The van der Waals surface area contributed by atoms with Gasteiger partial charge in [0.2, 0.25) is 0 Å². The van der Waals surface area contributed by atoms with E-state index in [4.69, 9.17) is 0 Å². The Bertz CT molecular complexity index is 991. The summed E-state index contributed by atoms with van der Waals surface area (Å²) in [4.78, 5) is 2.98. The Hall–Kier alpha value is -1.90. The second kappa shape index (κ2) is 3.89. The van der Waals surface area contributed by atoms with Gasteiger partial charge >= 0.3 is 0 Å². The molecule has 2 aliphatic rings. The lowest BCUT2D eigenvalue weighted by molar-refractivity contribution is 1.27. The van der Waals surface area contributed by atoms with Crippen molar-refractivity contribution in [1.29, 1.82) is 0 Å². The largest absolute Gasteiger partial charge is 0.143 e. The zero-order valence-corrected chi connectivity index (χ0v) is 13.5. The van der Waals surface area contributed by atoms with Gasteiger partial charge in [-0.2, -0.15) is 0 Å². The summed E-state index contributed by atoms with van der Waals surface area (Å²) in [6.07, 6.45) is 2.21. The molecule has 0 N–H and O–H groups in total. The first-order valence-corrected chi connectivity index (χ1v) is 9.37. The van der Waals surface area contributed by atoms with E-state index in [0.29, 0.717) is 0 Å². The number of fused-ring (bicyclic) bond motifs is 9. The van der Waals surface area contributed by atoms with Crippen LogP contribution in [0, 0.1) is 0 Å². The minimum atomic E-state index is 1.10. The third-order valence-electron chi connectivity index (χ3n) is 5.08. The Kier molecular flexibility index (Phi) is 2.06. The van der Waals surface area contributed by atoms with Gasteiger partial charge in [-0.3, -0.25) is 0 Å². The van der Waals surface area contributed by atoms with Crippen LogP contribution in [-0.4, -0.2) is 0 Å². The number of hydrogen-bond acceptors (Lipinski definition) is 2. The van der Waals surface area contributed by atoms with Crippen molar-refractivity contribution >= 4 is 33.4 Å². The predicted molar refractivity (Wildman–Crippen MR) is 96.2 cm³/mol. The highest BCUT2D eigenvalue weighted by molar-refractivity contribution is 7.14. The summed E-state index contributed by atoms with van der Waals surface area (Å²) >= 11 is 3.79. The molecule has 0 fully saturated rings. The van der Waals surface area contributed by atoms with E-state index in [1.54, 1.807) is 0 Å². The summed E-state index contributed by atoms with van der Waals surface area (Å²) in [5, 5.41) is 7.35. The van der Waals surface area contributed by atoms with E-state index in [2.05, 4.69) is 47.2 Å². The van der Waals surface area contributed by atoms with E-state index in [0.717, 1.165) is 12.8 Å². The Morgan fingerprint density at radius 3 is 1.55 bits per heavy atom.